The molecular formula is C19H22N6O2S. The summed E-state index contributed by atoms with van der Waals surface area (Å²) < 4.78 is 28.2. The van der Waals surface area contributed by atoms with Crippen LogP contribution in [-0.2, 0) is 10.0 Å². The minimum Gasteiger partial charge on any atom is -0.368 e. The van der Waals surface area contributed by atoms with Gasteiger partial charge in [0.25, 0.3) is 0 Å². The van der Waals surface area contributed by atoms with Crippen LogP contribution in [0.1, 0.15) is 24.7 Å². The fourth-order valence-corrected chi connectivity index (χ4v) is 5.19. The van der Waals surface area contributed by atoms with E-state index < -0.39 is 16.1 Å². The summed E-state index contributed by atoms with van der Waals surface area (Å²) >= 11 is 0. The number of hydrogen-bond donors (Lipinski definition) is 1. The average Bonchev–Trinajstić information content (AvgIpc) is 3.18. The molecule has 0 bridgehead atoms. The number of benzene rings is 2. The number of nitrogens with two attached hydrogens (primary N) is 1. The summed E-state index contributed by atoms with van der Waals surface area (Å²) in [5.41, 5.74) is 5.84. The molecule has 1 aromatic heterocycles. The third-order valence-electron chi connectivity index (χ3n) is 4.89. The number of nitrogens with zero attached hydrogens (tertiary/aromatic N) is 5. The summed E-state index contributed by atoms with van der Waals surface area (Å²) in [6, 6.07) is 12.4. The SMILES string of the molecule is CN(C)c1nc(N)nc([C@@H]2CCCN2S(=O)(=O)c2ccc3ccccc3c2)n1. The minimum absolute atomic E-state index is 0.0867. The molecule has 0 amide bonds. The number of nitrogen functional groups attached to an aromatic ring is 1. The lowest BCUT2D eigenvalue weighted by Gasteiger charge is -2.24. The van der Waals surface area contributed by atoms with Crippen LogP contribution in [0.4, 0.5) is 11.9 Å². The maximum absolute atomic E-state index is 13.4. The van der Waals surface area contributed by atoms with Gasteiger partial charge in [-0.05, 0) is 35.7 Å². The topological polar surface area (TPSA) is 105 Å². The van der Waals surface area contributed by atoms with Gasteiger partial charge < -0.3 is 10.6 Å². The van der Waals surface area contributed by atoms with Gasteiger partial charge in [-0.25, -0.2) is 8.42 Å². The van der Waals surface area contributed by atoms with Crippen molar-refractivity contribution in [2.24, 2.45) is 0 Å². The maximum Gasteiger partial charge on any atom is 0.243 e. The van der Waals surface area contributed by atoms with Crippen molar-refractivity contribution >= 4 is 32.7 Å². The molecule has 8 nitrogen and oxygen atoms in total. The van der Waals surface area contributed by atoms with Crippen molar-refractivity contribution in [2.45, 2.75) is 23.8 Å². The molecule has 2 N–H and O–H groups in total. The summed E-state index contributed by atoms with van der Waals surface area (Å²) in [4.78, 5) is 14.8. The number of sulfonamides is 1. The van der Waals surface area contributed by atoms with Gasteiger partial charge in [0.05, 0.1) is 10.9 Å². The summed E-state index contributed by atoms with van der Waals surface area (Å²) in [6.07, 6.45) is 1.38. The molecule has 1 aliphatic heterocycles. The molecule has 2 aromatic carbocycles. The van der Waals surface area contributed by atoms with Crippen LogP contribution in [0.3, 0.4) is 0 Å². The number of hydrogen-bond acceptors (Lipinski definition) is 7. The first-order valence-electron chi connectivity index (χ1n) is 9.06. The van der Waals surface area contributed by atoms with Gasteiger partial charge in [-0.15, -0.1) is 0 Å². The predicted molar refractivity (Wildman–Crippen MR) is 108 cm³/mol. The molecule has 4 rings (SSSR count). The molecule has 3 aromatic rings. The Hall–Kier alpha value is -2.78. The van der Waals surface area contributed by atoms with E-state index in [2.05, 4.69) is 15.0 Å². The molecule has 1 atom stereocenters. The van der Waals surface area contributed by atoms with Crippen LogP contribution in [0.5, 0.6) is 0 Å². The lowest BCUT2D eigenvalue weighted by Crippen LogP contribution is -2.32. The van der Waals surface area contributed by atoms with Gasteiger partial charge in [0, 0.05) is 20.6 Å². The number of anilines is 2. The Kier molecular flexibility index (Phi) is 4.64. The molecule has 146 valence electrons. The van der Waals surface area contributed by atoms with E-state index in [4.69, 9.17) is 5.73 Å². The van der Waals surface area contributed by atoms with Gasteiger partial charge in [0.1, 0.15) is 0 Å². The van der Waals surface area contributed by atoms with Gasteiger partial charge in [-0.3, -0.25) is 0 Å². The van der Waals surface area contributed by atoms with E-state index in [1.54, 1.807) is 31.1 Å². The van der Waals surface area contributed by atoms with Gasteiger partial charge >= 0.3 is 0 Å². The molecule has 2 heterocycles. The van der Waals surface area contributed by atoms with Crippen LogP contribution in [0.15, 0.2) is 47.4 Å². The maximum atomic E-state index is 13.4. The Balaban J connectivity index is 1.74. The Bertz CT molecular complexity index is 1130. The highest BCUT2D eigenvalue weighted by molar-refractivity contribution is 7.89. The number of fused-ring (bicyclic) bond motifs is 1. The van der Waals surface area contributed by atoms with Crippen LogP contribution in [0.2, 0.25) is 0 Å². The first-order chi connectivity index (χ1) is 13.4. The molecule has 0 radical (unpaired) electrons. The van der Waals surface area contributed by atoms with Crippen molar-refractivity contribution in [2.75, 3.05) is 31.3 Å². The van der Waals surface area contributed by atoms with E-state index in [9.17, 15) is 8.42 Å². The van der Waals surface area contributed by atoms with Crippen molar-refractivity contribution in [1.82, 2.24) is 19.3 Å². The first kappa shape index (κ1) is 18.6. The van der Waals surface area contributed by atoms with Crippen LogP contribution >= 0.6 is 0 Å². The smallest absolute Gasteiger partial charge is 0.243 e. The molecule has 1 saturated heterocycles. The molecule has 1 fully saturated rings. The standard InChI is InChI=1S/C19H22N6O2S/c1-24(2)19-22-17(21-18(20)23-19)16-8-5-11-25(16)28(26,27)15-10-9-13-6-3-4-7-14(13)12-15/h3-4,6-7,9-10,12,16H,5,8,11H2,1-2H3,(H2,20,21,22,23)/t16-/m0/s1. The predicted octanol–water partition coefficient (Wildman–Crippen LogP) is 2.20. The second-order valence-electron chi connectivity index (χ2n) is 7.03. The number of aromatic nitrogens is 3. The fourth-order valence-electron chi connectivity index (χ4n) is 3.50. The van der Waals surface area contributed by atoms with Crippen molar-refractivity contribution < 1.29 is 8.42 Å². The molecule has 0 aliphatic carbocycles. The van der Waals surface area contributed by atoms with Gasteiger partial charge in [0.15, 0.2) is 5.82 Å². The zero-order valence-electron chi connectivity index (χ0n) is 15.8. The van der Waals surface area contributed by atoms with Gasteiger partial charge in [-0.1, -0.05) is 30.3 Å². The second kappa shape index (κ2) is 6.99. The van der Waals surface area contributed by atoms with Crippen LogP contribution < -0.4 is 10.6 Å². The quantitative estimate of drug-likeness (QED) is 0.718. The van der Waals surface area contributed by atoms with Crippen LogP contribution in [-0.4, -0.2) is 48.3 Å². The highest BCUT2D eigenvalue weighted by atomic mass is 32.2. The zero-order chi connectivity index (χ0) is 19.9. The first-order valence-corrected chi connectivity index (χ1v) is 10.5. The molecule has 28 heavy (non-hydrogen) atoms. The normalized spacial score (nSPS) is 17.9. The molecule has 1 aliphatic rings. The van der Waals surface area contributed by atoms with Crippen LogP contribution in [0.25, 0.3) is 10.8 Å². The van der Waals surface area contributed by atoms with E-state index in [0.29, 0.717) is 24.7 Å². The lowest BCUT2D eigenvalue weighted by molar-refractivity contribution is 0.383. The Morgan fingerprint density at radius 2 is 1.82 bits per heavy atom. The van der Waals surface area contributed by atoms with Gasteiger partial charge in [0.2, 0.25) is 21.9 Å². The highest BCUT2D eigenvalue weighted by Crippen LogP contribution is 2.36. The highest BCUT2D eigenvalue weighted by Gasteiger charge is 2.38. The summed E-state index contributed by atoms with van der Waals surface area (Å²) in [7, 11) is -0.0902. The third kappa shape index (κ3) is 3.27. The van der Waals surface area contributed by atoms with E-state index in [1.165, 1.54) is 4.31 Å². The van der Waals surface area contributed by atoms with Crippen LogP contribution in [0, 0.1) is 0 Å². The average molecular weight is 398 g/mol. The second-order valence-corrected chi connectivity index (χ2v) is 8.92. The zero-order valence-corrected chi connectivity index (χ0v) is 16.6. The molecule has 9 heteroatoms. The van der Waals surface area contributed by atoms with Crippen molar-refractivity contribution in [3.8, 4) is 0 Å². The Morgan fingerprint density at radius 1 is 1.07 bits per heavy atom. The van der Waals surface area contributed by atoms with Crippen molar-refractivity contribution in [1.29, 1.82) is 0 Å². The number of rotatable bonds is 4. The van der Waals surface area contributed by atoms with Crippen molar-refractivity contribution in [3.63, 3.8) is 0 Å². The third-order valence-corrected chi connectivity index (χ3v) is 6.79. The van der Waals surface area contributed by atoms with Crippen molar-refractivity contribution in [3.05, 3.63) is 48.3 Å². The monoisotopic (exact) mass is 398 g/mol. The molecule has 0 saturated carbocycles. The van der Waals surface area contributed by atoms with E-state index in [0.717, 1.165) is 17.2 Å². The Morgan fingerprint density at radius 3 is 2.57 bits per heavy atom. The summed E-state index contributed by atoms with van der Waals surface area (Å²) in [5.74, 6) is 0.888. The van der Waals surface area contributed by atoms with E-state index >= 15 is 0 Å². The Labute approximate surface area is 164 Å². The molecular weight excluding hydrogens is 376 g/mol. The minimum atomic E-state index is -3.69. The van der Waals surface area contributed by atoms with E-state index in [1.807, 2.05) is 30.3 Å². The fraction of sp³-hybridized carbons (Fsp3) is 0.316. The van der Waals surface area contributed by atoms with E-state index in [-0.39, 0.29) is 10.8 Å². The summed E-state index contributed by atoms with van der Waals surface area (Å²) in [5, 5.41) is 1.89. The molecule has 0 spiro atoms. The lowest BCUT2D eigenvalue weighted by atomic mass is 10.1. The molecule has 0 unspecified atom stereocenters. The van der Waals surface area contributed by atoms with Gasteiger partial charge in [-0.2, -0.15) is 19.3 Å². The summed E-state index contributed by atoms with van der Waals surface area (Å²) in [6.45, 7) is 0.419. The largest absolute Gasteiger partial charge is 0.368 e.